The van der Waals surface area contributed by atoms with E-state index in [0.717, 1.165) is 73.1 Å². The Morgan fingerprint density at radius 2 is 1.73 bits per heavy atom. The molecule has 0 aliphatic carbocycles. The molecule has 2 aromatic carbocycles. The lowest BCUT2D eigenvalue weighted by Gasteiger charge is -2.39. The standard InChI is InChI=1S/C24H34N4O2/c1-6-13-25-19-12-11-18(2)22(24(29)26(3)4)23(19)28-16-14-27(15-17-28)20-9-7-8-10-21(20)30-5/h7-12,25H,6,13-17H2,1-5H3. The van der Waals surface area contributed by atoms with E-state index in [1.54, 1.807) is 12.0 Å². The summed E-state index contributed by atoms with van der Waals surface area (Å²) < 4.78 is 5.55. The van der Waals surface area contributed by atoms with Crippen molar-refractivity contribution in [1.29, 1.82) is 0 Å². The molecule has 1 heterocycles. The second-order valence-corrected chi connectivity index (χ2v) is 7.93. The predicted molar refractivity (Wildman–Crippen MR) is 125 cm³/mol. The first-order valence-electron chi connectivity index (χ1n) is 10.7. The molecule has 0 spiro atoms. The zero-order chi connectivity index (χ0) is 21.7. The molecule has 0 radical (unpaired) electrons. The summed E-state index contributed by atoms with van der Waals surface area (Å²) in [6.45, 7) is 8.49. The van der Waals surface area contributed by atoms with Gasteiger partial charge in [-0.05, 0) is 37.1 Å². The van der Waals surface area contributed by atoms with Gasteiger partial charge >= 0.3 is 0 Å². The van der Waals surface area contributed by atoms with Gasteiger partial charge in [-0.3, -0.25) is 4.79 Å². The van der Waals surface area contributed by atoms with E-state index in [4.69, 9.17) is 4.74 Å². The van der Waals surface area contributed by atoms with Gasteiger partial charge in [-0.2, -0.15) is 0 Å². The normalized spacial score (nSPS) is 13.9. The number of nitrogens with zero attached hydrogens (tertiary/aromatic N) is 3. The van der Waals surface area contributed by atoms with Gasteiger partial charge in [0.2, 0.25) is 0 Å². The molecule has 0 saturated carbocycles. The SMILES string of the molecule is CCCNc1ccc(C)c(C(=O)N(C)C)c1N1CCN(c2ccccc2OC)CC1. The van der Waals surface area contributed by atoms with Gasteiger partial charge in [0, 0.05) is 46.8 Å². The number of methoxy groups -OCH3 is 1. The molecule has 6 nitrogen and oxygen atoms in total. The number of hydrogen-bond acceptors (Lipinski definition) is 5. The van der Waals surface area contributed by atoms with E-state index in [9.17, 15) is 4.79 Å². The lowest BCUT2D eigenvalue weighted by atomic mass is 10.0. The molecular formula is C24H34N4O2. The fraction of sp³-hybridized carbons (Fsp3) is 0.458. The Morgan fingerprint density at radius 1 is 1.07 bits per heavy atom. The molecule has 30 heavy (non-hydrogen) atoms. The Morgan fingerprint density at radius 3 is 2.37 bits per heavy atom. The van der Waals surface area contributed by atoms with Crippen LogP contribution in [-0.4, -0.2) is 64.7 Å². The highest BCUT2D eigenvalue weighted by molar-refractivity contribution is 6.04. The summed E-state index contributed by atoms with van der Waals surface area (Å²) in [5.74, 6) is 0.949. The summed E-state index contributed by atoms with van der Waals surface area (Å²) in [7, 11) is 5.35. The fourth-order valence-electron chi connectivity index (χ4n) is 3.98. The fourth-order valence-corrected chi connectivity index (χ4v) is 3.98. The first-order valence-corrected chi connectivity index (χ1v) is 10.7. The molecule has 2 aromatic rings. The largest absolute Gasteiger partial charge is 0.495 e. The van der Waals surface area contributed by atoms with Gasteiger partial charge in [0.25, 0.3) is 5.91 Å². The first kappa shape index (κ1) is 21.8. The molecule has 1 aliphatic heterocycles. The predicted octanol–water partition coefficient (Wildman–Crippen LogP) is 3.85. The molecule has 162 valence electrons. The van der Waals surface area contributed by atoms with Crippen molar-refractivity contribution in [1.82, 2.24) is 4.90 Å². The third-order valence-electron chi connectivity index (χ3n) is 5.59. The number of ether oxygens (including phenoxy) is 1. The van der Waals surface area contributed by atoms with Crippen molar-refractivity contribution in [3.8, 4) is 5.75 Å². The van der Waals surface area contributed by atoms with E-state index in [1.807, 2.05) is 45.3 Å². The van der Waals surface area contributed by atoms with Gasteiger partial charge in [0.05, 0.1) is 29.7 Å². The number of nitrogens with one attached hydrogen (secondary N) is 1. The number of carbonyl (C=O) groups is 1. The maximum atomic E-state index is 13.1. The van der Waals surface area contributed by atoms with Crippen LogP contribution in [-0.2, 0) is 0 Å². The minimum atomic E-state index is 0.0507. The third-order valence-corrected chi connectivity index (χ3v) is 5.59. The topological polar surface area (TPSA) is 48.1 Å². The number of benzene rings is 2. The van der Waals surface area contributed by atoms with E-state index in [2.05, 4.69) is 34.2 Å². The number of piperazine rings is 1. The summed E-state index contributed by atoms with van der Waals surface area (Å²) in [6, 6.07) is 12.3. The Hall–Kier alpha value is -2.89. The molecule has 0 unspecified atom stereocenters. The van der Waals surface area contributed by atoms with E-state index >= 15 is 0 Å². The molecule has 1 N–H and O–H groups in total. The van der Waals surface area contributed by atoms with Crippen LogP contribution < -0.4 is 19.9 Å². The zero-order valence-electron chi connectivity index (χ0n) is 18.9. The molecule has 3 rings (SSSR count). The van der Waals surface area contributed by atoms with Crippen molar-refractivity contribution in [2.75, 3.05) is 69.0 Å². The van der Waals surface area contributed by atoms with Gasteiger partial charge < -0.3 is 24.8 Å². The second-order valence-electron chi connectivity index (χ2n) is 7.93. The van der Waals surface area contributed by atoms with E-state index in [0.29, 0.717) is 0 Å². The number of amides is 1. The number of anilines is 3. The quantitative estimate of drug-likeness (QED) is 0.751. The van der Waals surface area contributed by atoms with Crippen LogP contribution in [0.2, 0.25) is 0 Å². The summed E-state index contributed by atoms with van der Waals surface area (Å²) in [6.07, 6.45) is 1.03. The lowest BCUT2D eigenvalue weighted by molar-refractivity contribution is 0.0827. The van der Waals surface area contributed by atoms with Crippen molar-refractivity contribution in [3.05, 3.63) is 47.5 Å². The molecule has 1 aliphatic rings. The summed E-state index contributed by atoms with van der Waals surface area (Å²) in [5, 5.41) is 3.54. The minimum Gasteiger partial charge on any atom is -0.495 e. The smallest absolute Gasteiger partial charge is 0.255 e. The van der Waals surface area contributed by atoms with Crippen molar-refractivity contribution in [3.63, 3.8) is 0 Å². The maximum Gasteiger partial charge on any atom is 0.255 e. The number of carbonyl (C=O) groups excluding carboxylic acids is 1. The van der Waals surface area contributed by atoms with Crippen LogP contribution in [0.5, 0.6) is 5.75 Å². The van der Waals surface area contributed by atoms with Gasteiger partial charge in [-0.1, -0.05) is 25.1 Å². The Bertz CT molecular complexity index is 874. The Balaban J connectivity index is 1.91. The monoisotopic (exact) mass is 410 g/mol. The van der Waals surface area contributed by atoms with Gasteiger partial charge in [-0.15, -0.1) is 0 Å². The molecule has 1 amide bonds. The Labute approximate surface area is 180 Å². The van der Waals surface area contributed by atoms with Crippen molar-refractivity contribution in [2.45, 2.75) is 20.3 Å². The molecule has 1 fully saturated rings. The van der Waals surface area contributed by atoms with Gasteiger partial charge in [0.1, 0.15) is 5.75 Å². The van der Waals surface area contributed by atoms with Crippen molar-refractivity contribution in [2.24, 2.45) is 0 Å². The van der Waals surface area contributed by atoms with Gasteiger partial charge in [0.15, 0.2) is 0 Å². The zero-order valence-corrected chi connectivity index (χ0v) is 18.9. The lowest BCUT2D eigenvalue weighted by Crippen LogP contribution is -2.47. The summed E-state index contributed by atoms with van der Waals surface area (Å²) in [4.78, 5) is 19.4. The molecule has 0 bridgehead atoms. The molecular weight excluding hydrogens is 376 g/mol. The summed E-state index contributed by atoms with van der Waals surface area (Å²) in [5.41, 5.74) is 5.00. The highest BCUT2D eigenvalue weighted by Gasteiger charge is 2.27. The van der Waals surface area contributed by atoms with Crippen LogP contribution in [0.3, 0.4) is 0 Å². The highest BCUT2D eigenvalue weighted by atomic mass is 16.5. The second kappa shape index (κ2) is 9.74. The first-order chi connectivity index (χ1) is 14.5. The van der Waals surface area contributed by atoms with Crippen LogP contribution >= 0.6 is 0 Å². The van der Waals surface area contributed by atoms with E-state index in [1.165, 1.54) is 0 Å². The molecule has 0 atom stereocenters. The van der Waals surface area contributed by atoms with Crippen LogP contribution in [0.4, 0.5) is 17.1 Å². The number of rotatable bonds is 7. The average Bonchev–Trinajstić information content (AvgIpc) is 2.77. The third kappa shape index (κ3) is 4.48. The molecule has 6 heteroatoms. The van der Waals surface area contributed by atoms with Crippen LogP contribution in [0.25, 0.3) is 0 Å². The van der Waals surface area contributed by atoms with Crippen LogP contribution in [0.1, 0.15) is 29.3 Å². The van der Waals surface area contributed by atoms with E-state index in [-0.39, 0.29) is 5.91 Å². The highest BCUT2D eigenvalue weighted by Crippen LogP contribution is 2.36. The molecule has 0 aromatic heterocycles. The van der Waals surface area contributed by atoms with Gasteiger partial charge in [-0.25, -0.2) is 0 Å². The van der Waals surface area contributed by atoms with Crippen LogP contribution in [0.15, 0.2) is 36.4 Å². The summed E-state index contributed by atoms with van der Waals surface area (Å²) >= 11 is 0. The van der Waals surface area contributed by atoms with Crippen LogP contribution in [0, 0.1) is 6.92 Å². The number of aryl methyl sites for hydroxylation is 1. The van der Waals surface area contributed by atoms with Crippen molar-refractivity contribution >= 4 is 23.0 Å². The maximum absolute atomic E-state index is 13.1. The molecule has 1 saturated heterocycles. The van der Waals surface area contributed by atoms with Crippen molar-refractivity contribution < 1.29 is 9.53 Å². The number of para-hydroxylation sites is 2. The Kier molecular flexibility index (Phi) is 7.08. The van der Waals surface area contributed by atoms with E-state index < -0.39 is 0 Å². The average molecular weight is 411 g/mol. The minimum absolute atomic E-state index is 0.0507. The number of hydrogen-bond donors (Lipinski definition) is 1.